The quantitative estimate of drug-likeness (QED) is 0.736. The molecule has 126 valence electrons. The summed E-state index contributed by atoms with van der Waals surface area (Å²) in [5, 5.41) is 14.6. The first kappa shape index (κ1) is 16.4. The van der Waals surface area contributed by atoms with E-state index in [4.69, 9.17) is 0 Å². The molecule has 0 fully saturated rings. The number of hydrogen-bond acceptors (Lipinski definition) is 5. The normalized spacial score (nSPS) is 14.1. The summed E-state index contributed by atoms with van der Waals surface area (Å²) in [6.45, 7) is 3.00. The maximum atomic E-state index is 4.48. The average molecular weight is 323 g/mol. The molecular formula is C19H25N5. The van der Waals surface area contributed by atoms with Gasteiger partial charge in [-0.3, -0.25) is 0 Å². The van der Waals surface area contributed by atoms with Crippen LogP contribution in [0.1, 0.15) is 44.6 Å². The Hall–Kier alpha value is -2.43. The zero-order valence-electron chi connectivity index (χ0n) is 14.3. The standard InChI is InChI=1S/C19H25N5/c1-2-15-8-10-17(11-9-15)22-18-14-21-24-19(23-18)20-13-12-16-6-4-3-5-7-16/h6,8-11,14H,2-5,7,12-13H2,1H3,(H2,20,22,23,24). The molecule has 1 aliphatic rings. The van der Waals surface area contributed by atoms with Gasteiger partial charge in [-0.2, -0.15) is 10.1 Å². The van der Waals surface area contributed by atoms with Crippen LogP contribution < -0.4 is 10.6 Å². The van der Waals surface area contributed by atoms with Crippen LogP contribution in [0.15, 0.2) is 42.1 Å². The lowest BCUT2D eigenvalue weighted by Crippen LogP contribution is -2.09. The Labute approximate surface area is 143 Å². The topological polar surface area (TPSA) is 62.7 Å². The average Bonchev–Trinajstić information content (AvgIpc) is 2.64. The van der Waals surface area contributed by atoms with E-state index in [-0.39, 0.29) is 0 Å². The van der Waals surface area contributed by atoms with Crippen LogP contribution in [0.25, 0.3) is 0 Å². The fourth-order valence-corrected chi connectivity index (χ4v) is 2.88. The van der Waals surface area contributed by atoms with Crippen molar-refractivity contribution in [2.45, 2.75) is 45.4 Å². The lowest BCUT2D eigenvalue weighted by molar-refractivity contribution is 0.679. The molecule has 0 spiro atoms. The summed E-state index contributed by atoms with van der Waals surface area (Å²) < 4.78 is 0. The van der Waals surface area contributed by atoms with Gasteiger partial charge in [-0.25, -0.2) is 0 Å². The second kappa shape index (κ2) is 8.43. The van der Waals surface area contributed by atoms with Crippen molar-refractivity contribution in [1.29, 1.82) is 0 Å². The third-order valence-corrected chi connectivity index (χ3v) is 4.31. The van der Waals surface area contributed by atoms with E-state index in [1.54, 1.807) is 11.8 Å². The van der Waals surface area contributed by atoms with Gasteiger partial charge in [-0.15, -0.1) is 5.10 Å². The molecule has 0 amide bonds. The number of rotatable bonds is 7. The molecule has 1 heterocycles. The number of benzene rings is 1. The van der Waals surface area contributed by atoms with Crippen LogP contribution in [-0.4, -0.2) is 21.7 Å². The molecule has 0 saturated carbocycles. The Morgan fingerprint density at radius 1 is 1.12 bits per heavy atom. The van der Waals surface area contributed by atoms with E-state index in [1.807, 2.05) is 0 Å². The summed E-state index contributed by atoms with van der Waals surface area (Å²) in [4.78, 5) is 4.48. The van der Waals surface area contributed by atoms with E-state index in [2.05, 4.69) is 63.1 Å². The summed E-state index contributed by atoms with van der Waals surface area (Å²) in [5.74, 6) is 1.27. The second-order valence-electron chi connectivity index (χ2n) is 6.13. The molecular weight excluding hydrogens is 298 g/mol. The zero-order chi connectivity index (χ0) is 16.6. The molecule has 0 unspecified atom stereocenters. The van der Waals surface area contributed by atoms with Crippen molar-refractivity contribution < 1.29 is 0 Å². The lowest BCUT2D eigenvalue weighted by Gasteiger charge is -2.13. The minimum absolute atomic E-state index is 0.571. The van der Waals surface area contributed by atoms with Gasteiger partial charge in [-0.05, 0) is 56.2 Å². The fourth-order valence-electron chi connectivity index (χ4n) is 2.88. The number of aryl methyl sites for hydroxylation is 1. The molecule has 0 atom stereocenters. The van der Waals surface area contributed by atoms with Gasteiger partial charge in [0.25, 0.3) is 0 Å². The molecule has 0 aliphatic heterocycles. The molecule has 1 aromatic heterocycles. The molecule has 2 N–H and O–H groups in total. The fraction of sp³-hybridized carbons (Fsp3) is 0.421. The predicted molar refractivity (Wildman–Crippen MR) is 98.6 cm³/mol. The van der Waals surface area contributed by atoms with Crippen LogP contribution in [0, 0.1) is 0 Å². The number of hydrogen-bond donors (Lipinski definition) is 2. The Balaban J connectivity index is 1.54. The first-order valence-corrected chi connectivity index (χ1v) is 8.81. The monoisotopic (exact) mass is 323 g/mol. The summed E-state index contributed by atoms with van der Waals surface area (Å²) in [6, 6.07) is 8.36. The van der Waals surface area contributed by atoms with Crippen LogP contribution >= 0.6 is 0 Å². The molecule has 24 heavy (non-hydrogen) atoms. The smallest absolute Gasteiger partial charge is 0.244 e. The Kier molecular flexibility index (Phi) is 5.77. The van der Waals surface area contributed by atoms with E-state index in [0.29, 0.717) is 11.8 Å². The van der Waals surface area contributed by atoms with E-state index in [0.717, 1.165) is 25.1 Å². The van der Waals surface area contributed by atoms with Crippen molar-refractivity contribution in [1.82, 2.24) is 15.2 Å². The van der Waals surface area contributed by atoms with Crippen LogP contribution in [-0.2, 0) is 6.42 Å². The van der Waals surface area contributed by atoms with Crippen molar-refractivity contribution in [3.63, 3.8) is 0 Å². The number of nitrogens with zero attached hydrogens (tertiary/aromatic N) is 3. The highest BCUT2D eigenvalue weighted by atomic mass is 15.3. The number of allylic oxidation sites excluding steroid dienone is 1. The van der Waals surface area contributed by atoms with Gasteiger partial charge in [0.15, 0.2) is 5.82 Å². The van der Waals surface area contributed by atoms with Crippen molar-refractivity contribution >= 4 is 17.5 Å². The zero-order valence-corrected chi connectivity index (χ0v) is 14.3. The molecule has 0 radical (unpaired) electrons. The van der Waals surface area contributed by atoms with Gasteiger partial charge in [0.2, 0.25) is 5.95 Å². The van der Waals surface area contributed by atoms with Crippen LogP contribution in [0.5, 0.6) is 0 Å². The highest BCUT2D eigenvalue weighted by Crippen LogP contribution is 2.20. The highest BCUT2D eigenvalue weighted by molar-refractivity contribution is 5.56. The Morgan fingerprint density at radius 3 is 2.75 bits per heavy atom. The van der Waals surface area contributed by atoms with Gasteiger partial charge < -0.3 is 10.6 Å². The molecule has 5 nitrogen and oxygen atoms in total. The second-order valence-corrected chi connectivity index (χ2v) is 6.13. The first-order valence-electron chi connectivity index (χ1n) is 8.81. The van der Waals surface area contributed by atoms with Gasteiger partial charge in [-0.1, -0.05) is 30.7 Å². The summed E-state index contributed by atoms with van der Waals surface area (Å²) in [5.41, 5.74) is 3.87. The minimum Gasteiger partial charge on any atom is -0.353 e. The number of anilines is 3. The summed E-state index contributed by atoms with van der Waals surface area (Å²) in [7, 11) is 0. The van der Waals surface area contributed by atoms with Gasteiger partial charge >= 0.3 is 0 Å². The Bertz CT molecular complexity index is 678. The van der Waals surface area contributed by atoms with Crippen molar-refractivity contribution in [3.05, 3.63) is 47.7 Å². The molecule has 1 aromatic carbocycles. The predicted octanol–water partition coefficient (Wildman–Crippen LogP) is 4.48. The summed E-state index contributed by atoms with van der Waals surface area (Å²) >= 11 is 0. The third-order valence-electron chi connectivity index (χ3n) is 4.31. The van der Waals surface area contributed by atoms with E-state index in [9.17, 15) is 0 Å². The molecule has 0 saturated heterocycles. The van der Waals surface area contributed by atoms with Gasteiger partial charge in [0.05, 0.1) is 6.20 Å². The van der Waals surface area contributed by atoms with Crippen LogP contribution in [0.3, 0.4) is 0 Å². The van der Waals surface area contributed by atoms with Gasteiger partial charge in [0.1, 0.15) is 0 Å². The van der Waals surface area contributed by atoms with Crippen molar-refractivity contribution in [2.75, 3.05) is 17.2 Å². The van der Waals surface area contributed by atoms with Crippen molar-refractivity contribution in [3.8, 4) is 0 Å². The molecule has 5 heteroatoms. The van der Waals surface area contributed by atoms with E-state index in [1.165, 1.54) is 31.2 Å². The van der Waals surface area contributed by atoms with Crippen molar-refractivity contribution in [2.24, 2.45) is 0 Å². The minimum atomic E-state index is 0.571. The SMILES string of the molecule is CCc1ccc(Nc2cnnc(NCCC3=CCCCC3)n2)cc1. The lowest BCUT2D eigenvalue weighted by atomic mass is 9.97. The largest absolute Gasteiger partial charge is 0.353 e. The number of aromatic nitrogens is 3. The molecule has 0 bridgehead atoms. The highest BCUT2D eigenvalue weighted by Gasteiger charge is 2.05. The van der Waals surface area contributed by atoms with Crippen LogP contribution in [0.2, 0.25) is 0 Å². The molecule has 3 rings (SSSR count). The molecule has 2 aromatic rings. The van der Waals surface area contributed by atoms with E-state index < -0.39 is 0 Å². The van der Waals surface area contributed by atoms with Gasteiger partial charge in [0, 0.05) is 12.2 Å². The first-order chi connectivity index (χ1) is 11.8. The Morgan fingerprint density at radius 2 is 2.00 bits per heavy atom. The molecule has 1 aliphatic carbocycles. The summed E-state index contributed by atoms with van der Waals surface area (Å²) in [6.07, 6.45) is 11.2. The maximum absolute atomic E-state index is 4.48. The number of nitrogens with one attached hydrogen (secondary N) is 2. The maximum Gasteiger partial charge on any atom is 0.244 e. The van der Waals surface area contributed by atoms with Crippen LogP contribution in [0.4, 0.5) is 17.5 Å². The third kappa shape index (κ3) is 4.78. The van der Waals surface area contributed by atoms with E-state index >= 15 is 0 Å².